The van der Waals surface area contributed by atoms with Crippen LogP contribution in [0.15, 0.2) is 6.07 Å². The first-order chi connectivity index (χ1) is 6.26. The third-order valence-electron chi connectivity index (χ3n) is 1.87. The summed E-state index contributed by atoms with van der Waals surface area (Å²) in [6, 6.07) is 2.00. The van der Waals surface area contributed by atoms with Gasteiger partial charge >= 0.3 is 0 Å². The number of hydrogen-bond donors (Lipinski definition) is 1. The lowest BCUT2D eigenvalue weighted by Crippen LogP contribution is -2.02. The normalized spacial score (nSPS) is 10.4. The quantitative estimate of drug-likeness (QED) is 0.759. The van der Waals surface area contributed by atoms with Gasteiger partial charge in [-0.15, -0.1) is 0 Å². The maximum atomic E-state index is 8.67. The monoisotopic (exact) mass is 180 g/mol. The molecule has 1 aromatic heterocycles. The zero-order valence-corrected chi connectivity index (χ0v) is 8.25. The van der Waals surface area contributed by atoms with Gasteiger partial charge in [0.05, 0.1) is 0 Å². The molecule has 3 heteroatoms. The highest BCUT2D eigenvalue weighted by Crippen LogP contribution is 2.03. The predicted molar refractivity (Wildman–Crippen MR) is 51.6 cm³/mol. The van der Waals surface area contributed by atoms with Crippen LogP contribution in [0.1, 0.15) is 30.6 Å². The number of aromatic nitrogens is 2. The maximum Gasteiger partial charge on any atom is 0.128 e. The standard InChI is InChI=1S/C10H16N2O/c1-3-9-7-8(2)11-10(12-9)5-4-6-13/h7,13H,3-6H2,1-2H3. The first-order valence-electron chi connectivity index (χ1n) is 4.70. The average Bonchev–Trinajstić information content (AvgIpc) is 2.14. The molecule has 0 aromatic carbocycles. The maximum absolute atomic E-state index is 8.67. The van der Waals surface area contributed by atoms with E-state index in [1.165, 1.54) is 0 Å². The molecule has 1 aromatic rings. The summed E-state index contributed by atoms with van der Waals surface area (Å²) in [5.41, 5.74) is 2.10. The number of hydrogen-bond acceptors (Lipinski definition) is 3. The summed E-state index contributed by atoms with van der Waals surface area (Å²) >= 11 is 0. The minimum atomic E-state index is 0.207. The zero-order valence-electron chi connectivity index (χ0n) is 8.25. The fourth-order valence-corrected chi connectivity index (χ4v) is 1.23. The smallest absolute Gasteiger partial charge is 0.128 e. The summed E-state index contributed by atoms with van der Waals surface area (Å²) in [5.74, 6) is 0.853. The van der Waals surface area contributed by atoms with Crippen LogP contribution in [0.3, 0.4) is 0 Å². The van der Waals surface area contributed by atoms with Gasteiger partial charge in [-0.25, -0.2) is 9.97 Å². The molecule has 0 aliphatic carbocycles. The molecule has 0 atom stereocenters. The van der Waals surface area contributed by atoms with Gasteiger partial charge in [0.15, 0.2) is 0 Å². The average molecular weight is 180 g/mol. The molecular formula is C10H16N2O. The lowest BCUT2D eigenvalue weighted by Gasteiger charge is -2.02. The summed E-state index contributed by atoms with van der Waals surface area (Å²) < 4.78 is 0. The summed E-state index contributed by atoms with van der Waals surface area (Å²) in [6.07, 6.45) is 2.45. The highest BCUT2D eigenvalue weighted by molar-refractivity contribution is 5.09. The Morgan fingerprint density at radius 2 is 2.15 bits per heavy atom. The van der Waals surface area contributed by atoms with Gasteiger partial charge in [0, 0.05) is 24.4 Å². The summed E-state index contributed by atoms with van der Waals surface area (Å²) in [5, 5.41) is 8.67. The molecular weight excluding hydrogens is 164 g/mol. The minimum Gasteiger partial charge on any atom is -0.396 e. The highest BCUT2D eigenvalue weighted by atomic mass is 16.2. The number of nitrogens with zero attached hydrogens (tertiary/aromatic N) is 2. The Morgan fingerprint density at radius 1 is 1.38 bits per heavy atom. The van der Waals surface area contributed by atoms with Crippen molar-refractivity contribution in [3.8, 4) is 0 Å². The minimum absolute atomic E-state index is 0.207. The summed E-state index contributed by atoms with van der Waals surface area (Å²) in [7, 11) is 0. The van der Waals surface area contributed by atoms with E-state index in [4.69, 9.17) is 5.11 Å². The number of rotatable bonds is 4. The van der Waals surface area contributed by atoms with E-state index in [0.29, 0.717) is 0 Å². The third kappa shape index (κ3) is 3.11. The van der Waals surface area contributed by atoms with Gasteiger partial charge in [-0.05, 0) is 25.8 Å². The molecule has 0 bridgehead atoms. The van der Waals surface area contributed by atoms with Gasteiger partial charge in [-0.3, -0.25) is 0 Å². The van der Waals surface area contributed by atoms with Crippen LogP contribution in [-0.2, 0) is 12.8 Å². The van der Waals surface area contributed by atoms with Crippen LogP contribution in [-0.4, -0.2) is 21.7 Å². The lowest BCUT2D eigenvalue weighted by atomic mass is 10.2. The first-order valence-corrected chi connectivity index (χ1v) is 4.70. The Labute approximate surface area is 78.9 Å². The van der Waals surface area contributed by atoms with Crippen molar-refractivity contribution in [3.05, 3.63) is 23.3 Å². The van der Waals surface area contributed by atoms with Gasteiger partial charge in [0.1, 0.15) is 5.82 Å². The largest absolute Gasteiger partial charge is 0.396 e. The molecule has 72 valence electrons. The fourth-order valence-electron chi connectivity index (χ4n) is 1.23. The Morgan fingerprint density at radius 3 is 2.77 bits per heavy atom. The second-order valence-electron chi connectivity index (χ2n) is 3.10. The van der Waals surface area contributed by atoms with Crippen molar-refractivity contribution in [1.82, 2.24) is 9.97 Å². The predicted octanol–water partition coefficient (Wildman–Crippen LogP) is 1.27. The molecule has 0 fully saturated rings. The van der Waals surface area contributed by atoms with Crippen LogP contribution in [0.5, 0.6) is 0 Å². The van der Waals surface area contributed by atoms with Crippen LogP contribution in [0.4, 0.5) is 0 Å². The van der Waals surface area contributed by atoms with E-state index < -0.39 is 0 Å². The van der Waals surface area contributed by atoms with Crippen molar-refractivity contribution in [3.63, 3.8) is 0 Å². The van der Waals surface area contributed by atoms with E-state index in [0.717, 1.165) is 36.5 Å². The second-order valence-corrected chi connectivity index (χ2v) is 3.10. The molecule has 1 heterocycles. The van der Waals surface area contributed by atoms with Crippen LogP contribution in [0.2, 0.25) is 0 Å². The topological polar surface area (TPSA) is 46.0 Å². The molecule has 0 saturated heterocycles. The van der Waals surface area contributed by atoms with E-state index in [9.17, 15) is 0 Å². The van der Waals surface area contributed by atoms with Crippen molar-refractivity contribution in [2.45, 2.75) is 33.1 Å². The molecule has 0 unspecified atom stereocenters. The number of aliphatic hydroxyl groups is 1. The Bertz CT molecular complexity index is 274. The molecule has 0 saturated carbocycles. The van der Waals surface area contributed by atoms with Gasteiger partial charge < -0.3 is 5.11 Å². The molecule has 0 aliphatic rings. The molecule has 0 aliphatic heterocycles. The van der Waals surface area contributed by atoms with E-state index in [1.807, 2.05) is 13.0 Å². The Kier molecular flexibility index (Phi) is 3.83. The summed E-state index contributed by atoms with van der Waals surface area (Å²) in [4.78, 5) is 8.66. The zero-order chi connectivity index (χ0) is 9.68. The van der Waals surface area contributed by atoms with Gasteiger partial charge in [-0.2, -0.15) is 0 Å². The molecule has 0 radical (unpaired) electrons. The van der Waals surface area contributed by atoms with Crippen molar-refractivity contribution < 1.29 is 5.11 Å². The van der Waals surface area contributed by atoms with Crippen LogP contribution in [0.25, 0.3) is 0 Å². The second kappa shape index (κ2) is 4.92. The van der Waals surface area contributed by atoms with Gasteiger partial charge in [0.2, 0.25) is 0 Å². The van der Waals surface area contributed by atoms with Gasteiger partial charge in [0.25, 0.3) is 0 Å². The van der Waals surface area contributed by atoms with Crippen molar-refractivity contribution >= 4 is 0 Å². The van der Waals surface area contributed by atoms with Crippen LogP contribution < -0.4 is 0 Å². The van der Waals surface area contributed by atoms with Crippen molar-refractivity contribution in [1.29, 1.82) is 0 Å². The van der Waals surface area contributed by atoms with E-state index in [1.54, 1.807) is 0 Å². The molecule has 13 heavy (non-hydrogen) atoms. The molecule has 1 N–H and O–H groups in total. The number of aryl methyl sites for hydroxylation is 3. The van der Waals surface area contributed by atoms with E-state index in [2.05, 4.69) is 16.9 Å². The SMILES string of the molecule is CCc1cc(C)nc(CCCO)n1. The van der Waals surface area contributed by atoms with E-state index in [-0.39, 0.29) is 6.61 Å². The lowest BCUT2D eigenvalue weighted by molar-refractivity contribution is 0.287. The molecule has 1 rings (SSSR count). The molecule has 0 spiro atoms. The number of aliphatic hydroxyl groups excluding tert-OH is 1. The van der Waals surface area contributed by atoms with Crippen LogP contribution >= 0.6 is 0 Å². The first kappa shape index (κ1) is 10.1. The molecule has 0 amide bonds. The van der Waals surface area contributed by atoms with Crippen molar-refractivity contribution in [2.75, 3.05) is 6.61 Å². The Hall–Kier alpha value is -0.960. The summed E-state index contributed by atoms with van der Waals surface area (Å²) in [6.45, 7) is 4.26. The van der Waals surface area contributed by atoms with Gasteiger partial charge in [-0.1, -0.05) is 6.92 Å². The highest BCUT2D eigenvalue weighted by Gasteiger charge is 2.00. The Balaban J connectivity index is 2.76. The van der Waals surface area contributed by atoms with Crippen LogP contribution in [0, 0.1) is 6.92 Å². The molecule has 3 nitrogen and oxygen atoms in total. The van der Waals surface area contributed by atoms with E-state index >= 15 is 0 Å². The van der Waals surface area contributed by atoms with Crippen molar-refractivity contribution in [2.24, 2.45) is 0 Å². The fraction of sp³-hybridized carbons (Fsp3) is 0.600. The third-order valence-corrected chi connectivity index (χ3v) is 1.87.